The lowest BCUT2D eigenvalue weighted by Gasteiger charge is -2.41. The van der Waals surface area contributed by atoms with Crippen molar-refractivity contribution in [2.45, 2.75) is 52.1 Å². The lowest BCUT2D eigenvalue weighted by atomic mass is 9.98. The Labute approximate surface area is 118 Å². The maximum atomic E-state index is 11.2. The van der Waals surface area contributed by atoms with Crippen LogP contribution < -0.4 is 5.32 Å². The largest absolute Gasteiger partial charge is 0.311 e. The van der Waals surface area contributed by atoms with Gasteiger partial charge in [-0.1, -0.05) is 20.8 Å². The van der Waals surface area contributed by atoms with E-state index in [0.717, 1.165) is 32.5 Å². The molecule has 114 valence electrons. The first-order valence-electron chi connectivity index (χ1n) is 7.47. The zero-order valence-electron chi connectivity index (χ0n) is 12.9. The summed E-state index contributed by atoms with van der Waals surface area (Å²) in [4.78, 5) is 2.50. The van der Waals surface area contributed by atoms with E-state index in [1.54, 1.807) is 0 Å². The van der Waals surface area contributed by atoms with Crippen molar-refractivity contribution in [3.05, 3.63) is 0 Å². The summed E-state index contributed by atoms with van der Waals surface area (Å²) in [5.74, 6) is 0.990. The molecule has 0 bridgehead atoms. The third kappa shape index (κ3) is 6.72. The molecule has 0 radical (unpaired) electrons. The Kier molecular flexibility index (Phi) is 6.77. The van der Waals surface area contributed by atoms with Crippen LogP contribution in [0.15, 0.2) is 0 Å². The van der Waals surface area contributed by atoms with Gasteiger partial charge in [0, 0.05) is 31.4 Å². The van der Waals surface area contributed by atoms with Gasteiger partial charge in [0.05, 0.1) is 5.75 Å². The summed E-state index contributed by atoms with van der Waals surface area (Å²) < 4.78 is 22.4. The molecule has 0 aromatic carbocycles. The molecule has 2 unspecified atom stereocenters. The van der Waals surface area contributed by atoms with Gasteiger partial charge >= 0.3 is 0 Å². The third-order valence-corrected chi connectivity index (χ3v) is 4.84. The van der Waals surface area contributed by atoms with Crippen molar-refractivity contribution in [3.8, 4) is 0 Å². The molecular formula is C14H30N2O2S. The Morgan fingerprint density at radius 2 is 2.05 bits per heavy atom. The average Bonchev–Trinajstić information content (AvgIpc) is 2.29. The first kappa shape index (κ1) is 16.9. The Morgan fingerprint density at radius 3 is 2.58 bits per heavy atom. The van der Waals surface area contributed by atoms with Crippen LogP contribution in [0.2, 0.25) is 0 Å². The number of hydrogen-bond donors (Lipinski definition) is 1. The number of nitrogens with zero attached hydrogens (tertiary/aromatic N) is 1. The predicted octanol–water partition coefficient (Wildman–Crippen LogP) is 1.52. The molecule has 19 heavy (non-hydrogen) atoms. The molecule has 1 N–H and O–H groups in total. The molecule has 0 amide bonds. The minimum Gasteiger partial charge on any atom is -0.311 e. The highest BCUT2D eigenvalue weighted by molar-refractivity contribution is 7.90. The Morgan fingerprint density at radius 1 is 1.37 bits per heavy atom. The van der Waals surface area contributed by atoms with Gasteiger partial charge in [-0.25, -0.2) is 8.42 Å². The second-order valence-electron chi connectivity index (χ2n) is 6.28. The van der Waals surface area contributed by atoms with Crippen LogP contribution in [0.25, 0.3) is 0 Å². The monoisotopic (exact) mass is 290 g/mol. The molecule has 0 saturated carbocycles. The summed E-state index contributed by atoms with van der Waals surface area (Å²) in [5, 5.41) is 3.60. The number of sulfone groups is 1. The molecule has 1 fully saturated rings. The highest BCUT2D eigenvalue weighted by Crippen LogP contribution is 2.17. The van der Waals surface area contributed by atoms with Crippen LogP contribution in [-0.4, -0.2) is 57.0 Å². The second kappa shape index (κ2) is 7.60. The Balaban J connectivity index is 2.50. The van der Waals surface area contributed by atoms with E-state index in [0.29, 0.717) is 23.8 Å². The fourth-order valence-corrected chi connectivity index (χ4v) is 3.44. The van der Waals surface area contributed by atoms with Gasteiger partial charge in [-0.05, 0) is 31.7 Å². The Hall–Kier alpha value is -0.130. The molecule has 1 aliphatic heterocycles. The van der Waals surface area contributed by atoms with E-state index in [1.165, 1.54) is 12.7 Å². The summed E-state index contributed by atoms with van der Waals surface area (Å²) in [5.41, 5.74) is 0. The minimum absolute atomic E-state index is 0.308. The summed E-state index contributed by atoms with van der Waals surface area (Å²) in [6.07, 6.45) is 4.40. The van der Waals surface area contributed by atoms with E-state index < -0.39 is 9.84 Å². The van der Waals surface area contributed by atoms with E-state index in [4.69, 9.17) is 0 Å². The first-order valence-corrected chi connectivity index (χ1v) is 9.53. The summed E-state index contributed by atoms with van der Waals surface area (Å²) in [7, 11) is -2.83. The Bertz CT molecular complexity index is 354. The van der Waals surface area contributed by atoms with Gasteiger partial charge in [-0.15, -0.1) is 0 Å². The van der Waals surface area contributed by atoms with Gasteiger partial charge < -0.3 is 5.32 Å². The van der Waals surface area contributed by atoms with Gasteiger partial charge in [-0.3, -0.25) is 4.90 Å². The zero-order valence-corrected chi connectivity index (χ0v) is 13.7. The second-order valence-corrected chi connectivity index (χ2v) is 8.53. The fraction of sp³-hybridized carbons (Fsp3) is 1.00. The van der Waals surface area contributed by atoms with Crippen LogP contribution in [0.1, 0.15) is 40.0 Å². The van der Waals surface area contributed by atoms with E-state index in [-0.39, 0.29) is 0 Å². The van der Waals surface area contributed by atoms with Gasteiger partial charge in [0.2, 0.25) is 0 Å². The normalized spacial score (nSPS) is 25.9. The van der Waals surface area contributed by atoms with Crippen LogP contribution in [0.3, 0.4) is 0 Å². The van der Waals surface area contributed by atoms with Gasteiger partial charge in [0.15, 0.2) is 0 Å². The number of rotatable bonds is 7. The third-order valence-electron chi connectivity index (χ3n) is 3.81. The van der Waals surface area contributed by atoms with Crippen LogP contribution in [0, 0.1) is 5.92 Å². The van der Waals surface area contributed by atoms with E-state index in [2.05, 4.69) is 31.0 Å². The predicted molar refractivity (Wildman–Crippen MR) is 81.2 cm³/mol. The molecule has 5 heteroatoms. The van der Waals surface area contributed by atoms with Crippen molar-refractivity contribution in [1.82, 2.24) is 10.2 Å². The lowest BCUT2D eigenvalue weighted by Crippen LogP contribution is -2.56. The number of hydrogen-bond acceptors (Lipinski definition) is 4. The summed E-state index contributed by atoms with van der Waals surface area (Å²) in [6, 6.07) is 1.11. The molecule has 1 aliphatic rings. The van der Waals surface area contributed by atoms with Gasteiger partial charge in [-0.2, -0.15) is 0 Å². The topological polar surface area (TPSA) is 49.4 Å². The standard InChI is InChI=1S/C14H30N2O2S/c1-5-13-11-16(7-6-8-19(4,17)18)14(10-15-13)9-12(2)3/h12-15H,5-11H2,1-4H3. The fourth-order valence-electron chi connectivity index (χ4n) is 2.78. The van der Waals surface area contributed by atoms with Crippen LogP contribution in [0.5, 0.6) is 0 Å². The van der Waals surface area contributed by atoms with E-state index in [9.17, 15) is 8.42 Å². The van der Waals surface area contributed by atoms with Gasteiger partial charge in [0.25, 0.3) is 0 Å². The molecule has 0 aliphatic carbocycles. The highest BCUT2D eigenvalue weighted by Gasteiger charge is 2.27. The molecular weight excluding hydrogens is 260 g/mol. The molecule has 1 heterocycles. The zero-order chi connectivity index (χ0) is 14.5. The molecule has 2 atom stereocenters. The van der Waals surface area contributed by atoms with Gasteiger partial charge in [0.1, 0.15) is 9.84 Å². The SMILES string of the molecule is CCC1CN(CCCS(C)(=O)=O)C(CC(C)C)CN1. The smallest absolute Gasteiger partial charge is 0.147 e. The molecule has 0 aromatic rings. The van der Waals surface area contributed by atoms with Crippen molar-refractivity contribution in [2.75, 3.05) is 31.6 Å². The number of nitrogens with one attached hydrogen (secondary N) is 1. The summed E-state index contributed by atoms with van der Waals surface area (Å²) in [6.45, 7) is 9.70. The van der Waals surface area contributed by atoms with Crippen LogP contribution in [0.4, 0.5) is 0 Å². The van der Waals surface area contributed by atoms with Crippen molar-refractivity contribution in [2.24, 2.45) is 5.92 Å². The quantitative estimate of drug-likeness (QED) is 0.772. The molecule has 4 nitrogen and oxygen atoms in total. The van der Waals surface area contributed by atoms with Crippen molar-refractivity contribution < 1.29 is 8.42 Å². The van der Waals surface area contributed by atoms with E-state index in [1.807, 2.05) is 0 Å². The van der Waals surface area contributed by atoms with Crippen molar-refractivity contribution in [3.63, 3.8) is 0 Å². The van der Waals surface area contributed by atoms with Crippen LogP contribution in [-0.2, 0) is 9.84 Å². The van der Waals surface area contributed by atoms with Crippen molar-refractivity contribution in [1.29, 1.82) is 0 Å². The van der Waals surface area contributed by atoms with E-state index >= 15 is 0 Å². The number of piperazine rings is 1. The highest BCUT2D eigenvalue weighted by atomic mass is 32.2. The average molecular weight is 290 g/mol. The maximum absolute atomic E-state index is 11.2. The van der Waals surface area contributed by atoms with Crippen molar-refractivity contribution >= 4 is 9.84 Å². The molecule has 1 saturated heterocycles. The summed E-state index contributed by atoms with van der Waals surface area (Å²) >= 11 is 0. The molecule has 0 spiro atoms. The molecule has 0 aromatic heterocycles. The lowest BCUT2D eigenvalue weighted by molar-refractivity contribution is 0.113. The first-order chi connectivity index (χ1) is 8.81. The molecule has 1 rings (SSSR count). The maximum Gasteiger partial charge on any atom is 0.147 e. The van der Waals surface area contributed by atoms with Crippen LogP contribution >= 0.6 is 0 Å². The minimum atomic E-state index is -2.83.